The summed E-state index contributed by atoms with van der Waals surface area (Å²) in [6.45, 7) is 5.15. The van der Waals surface area contributed by atoms with Crippen molar-refractivity contribution in [1.82, 2.24) is 15.1 Å². The second kappa shape index (κ2) is 5.70. The summed E-state index contributed by atoms with van der Waals surface area (Å²) < 4.78 is 1.96. The maximum atomic E-state index is 4.76. The van der Waals surface area contributed by atoms with E-state index in [0.29, 0.717) is 0 Å². The Morgan fingerprint density at radius 2 is 1.81 bits per heavy atom. The van der Waals surface area contributed by atoms with E-state index in [9.17, 15) is 0 Å². The van der Waals surface area contributed by atoms with Crippen LogP contribution < -0.4 is 5.32 Å². The third-order valence-electron chi connectivity index (χ3n) is 3.88. The maximum absolute atomic E-state index is 4.76. The van der Waals surface area contributed by atoms with Crippen LogP contribution in [0.1, 0.15) is 29.8 Å². The predicted octanol–water partition coefficient (Wildman–Crippen LogP) is 3.58. The highest BCUT2D eigenvalue weighted by atomic mass is 15.3. The molecule has 0 saturated carbocycles. The fourth-order valence-corrected chi connectivity index (χ4v) is 2.79. The van der Waals surface area contributed by atoms with Crippen molar-refractivity contribution in [3.05, 3.63) is 65.4 Å². The van der Waals surface area contributed by atoms with Crippen LogP contribution in [0.5, 0.6) is 0 Å². The highest BCUT2D eigenvalue weighted by molar-refractivity contribution is 5.82. The standard InChI is InChI=1S/C18H21N3/c1-4-19-17(14-11-9-13(2)10-12-14)18-15-7-5-6-8-16(15)21(3)20-18/h5-12,17,19H,4H2,1-3H3. The van der Waals surface area contributed by atoms with Gasteiger partial charge >= 0.3 is 0 Å². The Morgan fingerprint density at radius 1 is 1.10 bits per heavy atom. The number of para-hydroxylation sites is 1. The second-order valence-corrected chi connectivity index (χ2v) is 5.43. The topological polar surface area (TPSA) is 29.9 Å². The van der Waals surface area contributed by atoms with E-state index < -0.39 is 0 Å². The van der Waals surface area contributed by atoms with Crippen LogP contribution in [-0.4, -0.2) is 16.3 Å². The SMILES string of the molecule is CCNC(c1ccc(C)cc1)c1nn(C)c2ccccc12. The second-order valence-electron chi connectivity index (χ2n) is 5.43. The lowest BCUT2D eigenvalue weighted by molar-refractivity contribution is 0.604. The molecule has 0 aliphatic rings. The van der Waals surface area contributed by atoms with E-state index >= 15 is 0 Å². The van der Waals surface area contributed by atoms with Crippen LogP contribution in [0, 0.1) is 6.92 Å². The average Bonchev–Trinajstić information content (AvgIpc) is 2.84. The van der Waals surface area contributed by atoms with Crippen LogP contribution >= 0.6 is 0 Å². The molecular formula is C18H21N3. The molecule has 2 aromatic carbocycles. The van der Waals surface area contributed by atoms with Gasteiger partial charge in [0.05, 0.1) is 17.3 Å². The first-order valence-corrected chi connectivity index (χ1v) is 7.42. The van der Waals surface area contributed by atoms with Gasteiger partial charge in [-0.2, -0.15) is 5.10 Å². The van der Waals surface area contributed by atoms with Crippen LogP contribution in [0.3, 0.4) is 0 Å². The normalized spacial score (nSPS) is 12.7. The maximum Gasteiger partial charge on any atom is 0.0917 e. The van der Waals surface area contributed by atoms with Crippen molar-refractivity contribution in [1.29, 1.82) is 0 Å². The van der Waals surface area contributed by atoms with Gasteiger partial charge in [-0.3, -0.25) is 4.68 Å². The lowest BCUT2D eigenvalue weighted by atomic mass is 10.00. The van der Waals surface area contributed by atoms with E-state index in [1.807, 2.05) is 11.7 Å². The van der Waals surface area contributed by atoms with Gasteiger partial charge in [-0.15, -0.1) is 0 Å². The van der Waals surface area contributed by atoms with Gasteiger partial charge in [0.25, 0.3) is 0 Å². The summed E-state index contributed by atoms with van der Waals surface area (Å²) in [5.74, 6) is 0. The molecule has 1 atom stereocenters. The molecule has 1 N–H and O–H groups in total. The van der Waals surface area contributed by atoms with Crippen molar-refractivity contribution in [2.75, 3.05) is 6.54 Å². The molecule has 0 aliphatic carbocycles. The van der Waals surface area contributed by atoms with E-state index in [2.05, 4.69) is 67.7 Å². The molecule has 1 heterocycles. The van der Waals surface area contributed by atoms with Crippen LogP contribution in [0.25, 0.3) is 10.9 Å². The highest BCUT2D eigenvalue weighted by Gasteiger charge is 2.19. The molecule has 1 aromatic heterocycles. The summed E-state index contributed by atoms with van der Waals surface area (Å²) in [4.78, 5) is 0. The van der Waals surface area contributed by atoms with Gasteiger partial charge in [0.15, 0.2) is 0 Å². The number of aromatic nitrogens is 2. The molecule has 0 bridgehead atoms. The lowest BCUT2D eigenvalue weighted by Crippen LogP contribution is -2.22. The number of nitrogens with one attached hydrogen (secondary N) is 1. The zero-order valence-corrected chi connectivity index (χ0v) is 12.8. The van der Waals surface area contributed by atoms with Crippen molar-refractivity contribution in [3.8, 4) is 0 Å². The minimum Gasteiger partial charge on any atom is -0.305 e. The Kier molecular flexibility index (Phi) is 3.76. The molecule has 3 aromatic rings. The lowest BCUT2D eigenvalue weighted by Gasteiger charge is -2.17. The molecule has 108 valence electrons. The van der Waals surface area contributed by atoms with Crippen molar-refractivity contribution in [3.63, 3.8) is 0 Å². The fraction of sp³-hybridized carbons (Fsp3) is 0.278. The van der Waals surface area contributed by atoms with Crippen LogP contribution in [0.2, 0.25) is 0 Å². The van der Waals surface area contributed by atoms with E-state index in [0.717, 1.165) is 12.2 Å². The van der Waals surface area contributed by atoms with Crippen molar-refractivity contribution >= 4 is 10.9 Å². The van der Waals surface area contributed by atoms with Crippen molar-refractivity contribution < 1.29 is 0 Å². The average molecular weight is 279 g/mol. The minimum absolute atomic E-state index is 0.127. The van der Waals surface area contributed by atoms with Gasteiger partial charge in [-0.1, -0.05) is 55.0 Å². The molecule has 0 spiro atoms. The summed E-state index contributed by atoms with van der Waals surface area (Å²) in [5, 5.41) is 9.54. The number of hydrogen-bond acceptors (Lipinski definition) is 2. The Hall–Kier alpha value is -2.13. The third-order valence-corrected chi connectivity index (χ3v) is 3.88. The van der Waals surface area contributed by atoms with E-state index in [1.54, 1.807) is 0 Å². The van der Waals surface area contributed by atoms with E-state index in [1.165, 1.54) is 22.0 Å². The summed E-state index contributed by atoms with van der Waals surface area (Å²) in [6.07, 6.45) is 0. The zero-order valence-electron chi connectivity index (χ0n) is 12.8. The minimum atomic E-state index is 0.127. The summed E-state index contributed by atoms with van der Waals surface area (Å²) in [6, 6.07) is 17.2. The number of benzene rings is 2. The quantitative estimate of drug-likeness (QED) is 0.791. The molecule has 1 unspecified atom stereocenters. The first-order chi connectivity index (χ1) is 10.2. The number of nitrogens with zero attached hydrogens (tertiary/aromatic N) is 2. The fourth-order valence-electron chi connectivity index (χ4n) is 2.79. The summed E-state index contributed by atoms with van der Waals surface area (Å²) >= 11 is 0. The Bertz CT molecular complexity index is 741. The molecule has 3 heteroatoms. The van der Waals surface area contributed by atoms with Gasteiger partial charge in [0, 0.05) is 12.4 Å². The van der Waals surface area contributed by atoms with E-state index in [-0.39, 0.29) is 6.04 Å². The predicted molar refractivity (Wildman–Crippen MR) is 87.4 cm³/mol. The molecule has 0 radical (unpaired) electrons. The molecule has 0 aliphatic heterocycles. The Labute approximate surface area is 125 Å². The largest absolute Gasteiger partial charge is 0.305 e. The van der Waals surface area contributed by atoms with Gasteiger partial charge in [-0.25, -0.2) is 0 Å². The molecule has 0 amide bonds. The molecule has 0 saturated heterocycles. The molecule has 0 fully saturated rings. The van der Waals surface area contributed by atoms with Crippen molar-refractivity contribution in [2.24, 2.45) is 7.05 Å². The number of fused-ring (bicyclic) bond motifs is 1. The van der Waals surface area contributed by atoms with Crippen LogP contribution in [0.4, 0.5) is 0 Å². The first kappa shape index (κ1) is 13.8. The number of hydrogen-bond donors (Lipinski definition) is 1. The Balaban J connectivity index is 2.13. The number of aryl methyl sites for hydroxylation is 2. The first-order valence-electron chi connectivity index (χ1n) is 7.42. The molecule has 21 heavy (non-hydrogen) atoms. The van der Waals surface area contributed by atoms with Crippen molar-refractivity contribution in [2.45, 2.75) is 19.9 Å². The van der Waals surface area contributed by atoms with Gasteiger partial charge in [0.1, 0.15) is 0 Å². The van der Waals surface area contributed by atoms with Crippen LogP contribution in [0.15, 0.2) is 48.5 Å². The molecular weight excluding hydrogens is 258 g/mol. The van der Waals surface area contributed by atoms with E-state index in [4.69, 9.17) is 5.10 Å². The summed E-state index contributed by atoms with van der Waals surface area (Å²) in [7, 11) is 2.00. The molecule has 3 nitrogen and oxygen atoms in total. The smallest absolute Gasteiger partial charge is 0.0917 e. The molecule has 3 rings (SSSR count). The Morgan fingerprint density at radius 3 is 2.52 bits per heavy atom. The summed E-state index contributed by atoms with van der Waals surface area (Å²) in [5.41, 5.74) is 4.80. The monoisotopic (exact) mass is 279 g/mol. The third kappa shape index (κ3) is 2.57. The van der Waals surface area contributed by atoms with Gasteiger partial charge < -0.3 is 5.32 Å². The number of rotatable bonds is 4. The van der Waals surface area contributed by atoms with Crippen LogP contribution in [-0.2, 0) is 7.05 Å². The van der Waals surface area contributed by atoms with Gasteiger partial charge in [0.2, 0.25) is 0 Å². The highest BCUT2D eigenvalue weighted by Crippen LogP contribution is 2.28. The zero-order chi connectivity index (χ0) is 14.8. The van der Waals surface area contributed by atoms with Gasteiger partial charge in [-0.05, 0) is 25.1 Å².